The fourth-order valence-corrected chi connectivity index (χ4v) is 4.03. The van der Waals surface area contributed by atoms with Crippen LogP contribution in [-0.4, -0.2) is 77.4 Å². The Labute approximate surface area is 175 Å². The van der Waals surface area contributed by atoms with Crippen LogP contribution in [0.2, 0.25) is 0 Å². The molecule has 0 bridgehead atoms. The van der Waals surface area contributed by atoms with E-state index >= 15 is 0 Å². The van der Waals surface area contributed by atoms with Gasteiger partial charge in [-0.05, 0) is 37.8 Å². The zero-order chi connectivity index (χ0) is 20.8. The van der Waals surface area contributed by atoms with Crippen LogP contribution in [0.25, 0.3) is 0 Å². The second-order valence-electron chi connectivity index (χ2n) is 7.22. The monoisotopic (exact) mass is 418 g/mol. The van der Waals surface area contributed by atoms with Crippen LogP contribution in [-0.2, 0) is 19.2 Å². The van der Waals surface area contributed by atoms with Crippen LogP contribution in [0.5, 0.6) is 0 Å². The molecular formula is C20H26N4O4S. The van der Waals surface area contributed by atoms with Gasteiger partial charge in [-0.1, -0.05) is 6.08 Å². The number of hydrogen-bond acceptors (Lipinski definition) is 5. The topological polar surface area (TPSA) is 98.8 Å². The lowest BCUT2D eigenvalue weighted by atomic mass is 10.1. The van der Waals surface area contributed by atoms with Crippen LogP contribution in [0.1, 0.15) is 25.7 Å². The number of nitrogens with one attached hydrogen (secondary N) is 2. The number of amides is 4. The molecule has 2 fully saturated rings. The Morgan fingerprint density at radius 1 is 1.07 bits per heavy atom. The molecular weight excluding hydrogens is 392 g/mol. The Kier molecular flexibility index (Phi) is 7.17. The van der Waals surface area contributed by atoms with Crippen molar-refractivity contribution in [3.8, 4) is 0 Å². The molecule has 4 amide bonds. The van der Waals surface area contributed by atoms with E-state index in [0.29, 0.717) is 50.2 Å². The highest BCUT2D eigenvalue weighted by Crippen LogP contribution is 2.26. The van der Waals surface area contributed by atoms with E-state index in [1.54, 1.807) is 28.0 Å². The summed E-state index contributed by atoms with van der Waals surface area (Å²) < 4.78 is 0. The van der Waals surface area contributed by atoms with Gasteiger partial charge < -0.3 is 20.4 Å². The molecule has 29 heavy (non-hydrogen) atoms. The quantitative estimate of drug-likeness (QED) is 0.393. The predicted octanol–water partition coefficient (Wildman–Crippen LogP) is -0.218. The zero-order valence-corrected chi connectivity index (χ0v) is 17.1. The second kappa shape index (κ2) is 9.80. The SMILES string of the molecule is O=C(CNC(=O)[C@@H]1CCCN1C(=O)[C@@H]1CCCN1C(=O)C1=C=CC=C1)NCCS. The number of carbonyl (C=O) groups is 4. The number of nitrogens with zero attached hydrogens (tertiary/aromatic N) is 2. The second-order valence-corrected chi connectivity index (χ2v) is 7.67. The highest BCUT2D eigenvalue weighted by molar-refractivity contribution is 7.80. The van der Waals surface area contributed by atoms with E-state index in [1.807, 2.05) is 0 Å². The summed E-state index contributed by atoms with van der Waals surface area (Å²) in [5.41, 5.74) is 3.34. The first-order valence-electron chi connectivity index (χ1n) is 9.93. The molecule has 0 unspecified atom stereocenters. The van der Waals surface area contributed by atoms with E-state index in [4.69, 9.17) is 0 Å². The lowest BCUT2D eigenvalue weighted by Crippen LogP contribution is -2.53. The van der Waals surface area contributed by atoms with Gasteiger partial charge in [-0.2, -0.15) is 12.6 Å². The molecule has 2 saturated heterocycles. The summed E-state index contributed by atoms with van der Waals surface area (Å²) in [7, 11) is 0. The molecule has 0 aromatic rings. The summed E-state index contributed by atoms with van der Waals surface area (Å²) in [4.78, 5) is 53.3. The van der Waals surface area contributed by atoms with Crippen molar-refractivity contribution in [3.05, 3.63) is 29.5 Å². The van der Waals surface area contributed by atoms with Crippen LogP contribution < -0.4 is 10.6 Å². The molecule has 8 nitrogen and oxygen atoms in total. The van der Waals surface area contributed by atoms with Crippen molar-refractivity contribution in [2.75, 3.05) is 31.9 Å². The van der Waals surface area contributed by atoms with Crippen molar-refractivity contribution >= 4 is 36.3 Å². The number of rotatable bonds is 7. The summed E-state index contributed by atoms with van der Waals surface area (Å²) >= 11 is 4.02. The Morgan fingerprint density at radius 2 is 1.79 bits per heavy atom. The van der Waals surface area contributed by atoms with Gasteiger partial charge in [-0.3, -0.25) is 19.2 Å². The Balaban J connectivity index is 1.61. The summed E-state index contributed by atoms with van der Waals surface area (Å²) in [6.45, 7) is 1.29. The van der Waals surface area contributed by atoms with Gasteiger partial charge in [0.05, 0.1) is 12.1 Å². The van der Waals surface area contributed by atoms with Crippen LogP contribution in [0.4, 0.5) is 0 Å². The van der Waals surface area contributed by atoms with E-state index in [9.17, 15) is 19.2 Å². The molecule has 9 heteroatoms. The Hall–Kier alpha value is -2.51. The average molecular weight is 419 g/mol. The van der Waals surface area contributed by atoms with Crippen LogP contribution in [0.15, 0.2) is 29.5 Å². The first kappa shape index (κ1) is 21.2. The van der Waals surface area contributed by atoms with Crippen molar-refractivity contribution in [2.45, 2.75) is 37.8 Å². The minimum atomic E-state index is -0.608. The van der Waals surface area contributed by atoms with Crippen molar-refractivity contribution < 1.29 is 19.2 Å². The number of carbonyl (C=O) groups excluding carboxylic acids is 4. The van der Waals surface area contributed by atoms with Crippen molar-refractivity contribution in [1.29, 1.82) is 0 Å². The smallest absolute Gasteiger partial charge is 0.262 e. The van der Waals surface area contributed by atoms with E-state index in [0.717, 1.165) is 6.42 Å². The maximum Gasteiger partial charge on any atom is 0.262 e. The zero-order valence-electron chi connectivity index (χ0n) is 16.2. The third-order valence-electron chi connectivity index (χ3n) is 5.32. The van der Waals surface area contributed by atoms with E-state index < -0.39 is 12.1 Å². The first-order chi connectivity index (χ1) is 14.0. The lowest BCUT2D eigenvalue weighted by Gasteiger charge is -2.31. The first-order valence-corrected chi connectivity index (χ1v) is 10.6. The third-order valence-corrected chi connectivity index (χ3v) is 5.55. The molecule has 3 rings (SSSR count). The number of hydrogen-bond donors (Lipinski definition) is 3. The van der Waals surface area contributed by atoms with Gasteiger partial charge in [0, 0.05) is 25.4 Å². The standard InChI is InChI=1S/C20H26N4O4S/c25-17(21-9-12-29)13-22-18(26)15-7-3-10-23(15)20(28)16-8-4-11-24(16)19(27)14-5-1-2-6-14/h1-2,5,15-16,29H,3-4,7-13H2,(H,21,25)(H,22,26)/t15-,16-/m0/s1. The molecule has 156 valence electrons. The summed E-state index contributed by atoms with van der Waals surface area (Å²) in [6.07, 6.45) is 7.70. The summed E-state index contributed by atoms with van der Waals surface area (Å²) in [5.74, 6) is -0.505. The molecule has 0 saturated carbocycles. The van der Waals surface area contributed by atoms with E-state index in [2.05, 4.69) is 29.0 Å². The van der Waals surface area contributed by atoms with Gasteiger partial charge in [0.15, 0.2) is 0 Å². The molecule has 2 heterocycles. The number of allylic oxidation sites excluding steroid dienone is 1. The minimum absolute atomic E-state index is 0.133. The van der Waals surface area contributed by atoms with Crippen LogP contribution in [0.3, 0.4) is 0 Å². The molecule has 2 N–H and O–H groups in total. The van der Waals surface area contributed by atoms with Crippen LogP contribution >= 0.6 is 12.6 Å². The average Bonchev–Trinajstić information content (AvgIpc) is 3.49. The summed E-state index contributed by atoms with van der Waals surface area (Å²) in [5, 5.41) is 5.24. The van der Waals surface area contributed by atoms with Crippen LogP contribution in [0, 0.1) is 0 Å². The highest BCUT2D eigenvalue weighted by Gasteiger charge is 2.42. The largest absolute Gasteiger partial charge is 0.354 e. The maximum atomic E-state index is 13.2. The van der Waals surface area contributed by atoms with E-state index in [1.165, 1.54) is 0 Å². The number of thiol groups is 1. The fourth-order valence-electron chi connectivity index (χ4n) is 3.92. The molecule has 2 aliphatic heterocycles. The van der Waals surface area contributed by atoms with Crippen molar-refractivity contribution in [2.24, 2.45) is 0 Å². The number of likely N-dealkylation sites (tertiary alicyclic amines) is 2. The molecule has 0 radical (unpaired) electrons. The van der Waals surface area contributed by atoms with Gasteiger partial charge in [0.2, 0.25) is 17.7 Å². The van der Waals surface area contributed by atoms with Gasteiger partial charge in [-0.25, -0.2) is 0 Å². The Bertz CT molecular complexity index is 787. The minimum Gasteiger partial charge on any atom is -0.354 e. The lowest BCUT2D eigenvalue weighted by molar-refractivity contribution is -0.145. The van der Waals surface area contributed by atoms with Gasteiger partial charge in [-0.15, -0.1) is 5.73 Å². The molecule has 0 aromatic heterocycles. The highest BCUT2D eigenvalue weighted by atomic mass is 32.1. The molecule has 2 atom stereocenters. The van der Waals surface area contributed by atoms with Gasteiger partial charge in [0.1, 0.15) is 12.1 Å². The summed E-state index contributed by atoms with van der Waals surface area (Å²) in [6, 6.07) is -1.17. The maximum absolute atomic E-state index is 13.2. The normalized spacial score (nSPS) is 22.7. The Morgan fingerprint density at radius 3 is 2.48 bits per heavy atom. The fraction of sp³-hybridized carbons (Fsp3) is 0.550. The molecule has 3 aliphatic rings. The predicted molar refractivity (Wildman–Crippen MR) is 110 cm³/mol. The third kappa shape index (κ3) is 4.92. The van der Waals surface area contributed by atoms with Crippen molar-refractivity contribution in [1.82, 2.24) is 20.4 Å². The van der Waals surface area contributed by atoms with E-state index in [-0.39, 0.29) is 30.2 Å². The van der Waals surface area contributed by atoms with Gasteiger partial charge >= 0.3 is 0 Å². The molecule has 0 aromatic carbocycles. The van der Waals surface area contributed by atoms with Crippen molar-refractivity contribution in [3.63, 3.8) is 0 Å². The van der Waals surface area contributed by atoms with Gasteiger partial charge in [0.25, 0.3) is 5.91 Å². The molecule has 1 aliphatic carbocycles. The molecule has 0 spiro atoms.